The van der Waals surface area contributed by atoms with Crippen LogP contribution in [0.15, 0.2) is 0 Å². The molecule has 3 nitrogen and oxygen atoms in total. The van der Waals surface area contributed by atoms with Gasteiger partial charge in [-0.25, -0.2) is 0 Å². The Bertz CT molecular complexity index is 295. The van der Waals surface area contributed by atoms with E-state index in [9.17, 15) is 0 Å². The van der Waals surface area contributed by atoms with Gasteiger partial charge in [0.1, 0.15) is 0 Å². The summed E-state index contributed by atoms with van der Waals surface area (Å²) < 4.78 is 0. The van der Waals surface area contributed by atoms with Crippen molar-refractivity contribution in [2.75, 3.05) is 13.6 Å². The summed E-state index contributed by atoms with van der Waals surface area (Å²) in [6, 6.07) is 2.08. The van der Waals surface area contributed by atoms with Crippen LogP contribution in [0.2, 0.25) is 0 Å². The standard InChI is InChI=1S/C16H33N3/c1-12-9-13(7-8-19(12)6)17-14-10-15(2,3)18-16(4,5)11-14/h12-14,17-18H,7-11H2,1-6H3. The smallest absolute Gasteiger partial charge is 0.0144 e. The van der Waals surface area contributed by atoms with Crippen LogP contribution in [-0.2, 0) is 0 Å². The zero-order chi connectivity index (χ0) is 14.3. The minimum atomic E-state index is 0.247. The molecule has 0 amide bonds. The van der Waals surface area contributed by atoms with E-state index in [-0.39, 0.29) is 11.1 Å². The van der Waals surface area contributed by atoms with Crippen LogP contribution < -0.4 is 10.6 Å². The van der Waals surface area contributed by atoms with Crippen molar-refractivity contribution in [3.8, 4) is 0 Å². The third-order valence-corrected chi connectivity index (χ3v) is 4.87. The zero-order valence-electron chi connectivity index (χ0n) is 13.7. The number of likely N-dealkylation sites (tertiary alicyclic amines) is 1. The van der Waals surface area contributed by atoms with Crippen molar-refractivity contribution in [3.05, 3.63) is 0 Å². The van der Waals surface area contributed by atoms with E-state index in [0.29, 0.717) is 18.1 Å². The molecule has 2 saturated heterocycles. The lowest BCUT2D eigenvalue weighted by atomic mass is 9.79. The van der Waals surface area contributed by atoms with E-state index < -0.39 is 0 Å². The molecule has 0 aliphatic carbocycles. The molecule has 0 aromatic carbocycles. The summed E-state index contributed by atoms with van der Waals surface area (Å²) in [5.41, 5.74) is 0.493. The maximum Gasteiger partial charge on any atom is 0.0144 e. The second-order valence-corrected chi connectivity index (χ2v) is 8.22. The lowest BCUT2D eigenvalue weighted by molar-refractivity contribution is 0.115. The van der Waals surface area contributed by atoms with E-state index in [0.717, 1.165) is 0 Å². The van der Waals surface area contributed by atoms with E-state index in [1.165, 1.54) is 32.2 Å². The molecule has 2 N–H and O–H groups in total. The summed E-state index contributed by atoms with van der Waals surface area (Å²) in [6.45, 7) is 12.9. The molecule has 2 heterocycles. The summed E-state index contributed by atoms with van der Waals surface area (Å²) in [6.07, 6.45) is 5.06. The Morgan fingerprint density at radius 3 is 2.16 bits per heavy atom. The highest BCUT2D eigenvalue weighted by Gasteiger charge is 2.38. The summed E-state index contributed by atoms with van der Waals surface area (Å²) in [5.74, 6) is 0. The quantitative estimate of drug-likeness (QED) is 0.804. The van der Waals surface area contributed by atoms with Crippen molar-refractivity contribution in [1.82, 2.24) is 15.5 Å². The summed E-state index contributed by atoms with van der Waals surface area (Å²) in [7, 11) is 2.25. The monoisotopic (exact) mass is 267 g/mol. The topological polar surface area (TPSA) is 27.3 Å². The molecule has 0 saturated carbocycles. The lowest BCUT2D eigenvalue weighted by Crippen LogP contribution is -2.63. The van der Waals surface area contributed by atoms with Crippen molar-refractivity contribution in [2.24, 2.45) is 0 Å². The molecule has 2 aliphatic heterocycles. The summed E-state index contributed by atoms with van der Waals surface area (Å²) >= 11 is 0. The first-order valence-electron chi connectivity index (χ1n) is 7.92. The van der Waals surface area contributed by atoms with Gasteiger partial charge in [-0.1, -0.05) is 0 Å². The predicted molar refractivity (Wildman–Crippen MR) is 82.6 cm³/mol. The van der Waals surface area contributed by atoms with Crippen LogP contribution in [0.3, 0.4) is 0 Å². The zero-order valence-corrected chi connectivity index (χ0v) is 13.7. The fourth-order valence-corrected chi connectivity index (χ4v) is 4.21. The third-order valence-electron chi connectivity index (χ3n) is 4.87. The van der Waals surface area contributed by atoms with E-state index in [1.807, 2.05) is 0 Å². The second-order valence-electron chi connectivity index (χ2n) is 8.22. The maximum absolute atomic E-state index is 3.95. The van der Waals surface area contributed by atoms with Crippen molar-refractivity contribution in [3.63, 3.8) is 0 Å². The number of nitrogens with zero attached hydrogens (tertiary/aromatic N) is 1. The number of hydrogen-bond donors (Lipinski definition) is 2. The Hall–Kier alpha value is -0.120. The van der Waals surface area contributed by atoms with Crippen LogP contribution in [0.25, 0.3) is 0 Å². The van der Waals surface area contributed by atoms with Gasteiger partial charge in [-0.2, -0.15) is 0 Å². The predicted octanol–water partition coefficient (Wildman–Crippen LogP) is 2.37. The molecular formula is C16H33N3. The second kappa shape index (κ2) is 5.34. The van der Waals surface area contributed by atoms with E-state index in [2.05, 4.69) is 57.2 Å². The molecule has 0 aromatic heterocycles. The maximum atomic E-state index is 3.95. The van der Waals surface area contributed by atoms with Gasteiger partial charge in [-0.3, -0.25) is 0 Å². The molecule has 2 rings (SSSR count). The molecule has 2 aliphatic rings. The highest BCUT2D eigenvalue weighted by Crippen LogP contribution is 2.29. The molecule has 0 bridgehead atoms. The van der Waals surface area contributed by atoms with E-state index >= 15 is 0 Å². The normalized spacial score (nSPS) is 36.3. The van der Waals surface area contributed by atoms with Gasteiger partial charge in [-0.15, -0.1) is 0 Å². The van der Waals surface area contributed by atoms with E-state index in [1.54, 1.807) is 0 Å². The molecule has 19 heavy (non-hydrogen) atoms. The minimum absolute atomic E-state index is 0.247. The Morgan fingerprint density at radius 1 is 1.05 bits per heavy atom. The van der Waals surface area contributed by atoms with Gasteiger partial charge in [0, 0.05) is 29.2 Å². The van der Waals surface area contributed by atoms with Gasteiger partial charge in [-0.05, 0) is 73.9 Å². The first-order valence-corrected chi connectivity index (χ1v) is 7.92. The Kier molecular flexibility index (Phi) is 4.29. The minimum Gasteiger partial charge on any atom is -0.311 e. The van der Waals surface area contributed by atoms with Crippen LogP contribution in [0.5, 0.6) is 0 Å². The van der Waals surface area contributed by atoms with Crippen LogP contribution in [0.1, 0.15) is 60.3 Å². The molecule has 2 atom stereocenters. The highest BCUT2D eigenvalue weighted by atomic mass is 15.2. The van der Waals surface area contributed by atoms with E-state index in [4.69, 9.17) is 0 Å². The van der Waals surface area contributed by atoms with Crippen molar-refractivity contribution >= 4 is 0 Å². The summed E-state index contributed by atoms with van der Waals surface area (Å²) in [4.78, 5) is 2.48. The Labute approximate surface area is 119 Å². The van der Waals surface area contributed by atoms with Gasteiger partial charge in [0.05, 0.1) is 0 Å². The number of piperidine rings is 2. The third kappa shape index (κ3) is 4.17. The fourth-order valence-electron chi connectivity index (χ4n) is 4.21. The molecule has 2 fully saturated rings. The van der Waals surface area contributed by atoms with Crippen LogP contribution in [0, 0.1) is 0 Å². The van der Waals surface area contributed by atoms with Crippen LogP contribution in [-0.4, -0.2) is 47.7 Å². The number of nitrogens with one attached hydrogen (secondary N) is 2. The van der Waals surface area contributed by atoms with Gasteiger partial charge in [0.25, 0.3) is 0 Å². The van der Waals surface area contributed by atoms with Crippen molar-refractivity contribution in [1.29, 1.82) is 0 Å². The number of rotatable bonds is 2. The average molecular weight is 267 g/mol. The molecule has 0 spiro atoms. The Morgan fingerprint density at radius 2 is 1.63 bits per heavy atom. The number of hydrogen-bond acceptors (Lipinski definition) is 3. The van der Waals surface area contributed by atoms with Gasteiger partial charge in [0.2, 0.25) is 0 Å². The highest BCUT2D eigenvalue weighted by molar-refractivity contribution is 5.00. The summed E-state index contributed by atoms with van der Waals surface area (Å²) in [5, 5.41) is 7.72. The molecule has 112 valence electrons. The molecule has 2 unspecified atom stereocenters. The first kappa shape index (κ1) is 15.3. The van der Waals surface area contributed by atoms with Gasteiger partial charge >= 0.3 is 0 Å². The molecule has 0 aromatic rings. The Balaban J connectivity index is 1.92. The molecule has 3 heteroatoms. The van der Waals surface area contributed by atoms with Crippen molar-refractivity contribution < 1.29 is 0 Å². The first-order chi connectivity index (χ1) is 8.67. The van der Waals surface area contributed by atoms with Gasteiger partial charge in [0.15, 0.2) is 0 Å². The average Bonchev–Trinajstić information content (AvgIpc) is 2.18. The molecular weight excluding hydrogens is 234 g/mol. The SMILES string of the molecule is CC1CC(NC2CC(C)(C)NC(C)(C)C2)CCN1C. The largest absolute Gasteiger partial charge is 0.311 e. The lowest BCUT2D eigenvalue weighted by Gasteiger charge is -2.48. The van der Waals surface area contributed by atoms with Crippen molar-refractivity contribution in [2.45, 2.75) is 89.5 Å². The fraction of sp³-hybridized carbons (Fsp3) is 1.00. The van der Waals surface area contributed by atoms with Crippen LogP contribution in [0.4, 0.5) is 0 Å². The molecule has 0 radical (unpaired) electrons. The van der Waals surface area contributed by atoms with Gasteiger partial charge < -0.3 is 15.5 Å². The van der Waals surface area contributed by atoms with Crippen LogP contribution >= 0.6 is 0 Å².